The number of oxazole rings is 1. The van der Waals surface area contributed by atoms with Crippen molar-refractivity contribution in [3.8, 4) is 0 Å². The van der Waals surface area contributed by atoms with Crippen molar-refractivity contribution in [2.45, 2.75) is 19.4 Å². The number of carbonyl (C=O) groups is 1. The molecule has 1 aromatic heterocycles. The van der Waals surface area contributed by atoms with E-state index in [1.807, 2.05) is 30.3 Å². The van der Waals surface area contributed by atoms with Gasteiger partial charge in [-0.15, -0.1) is 0 Å². The second-order valence-corrected chi connectivity index (χ2v) is 4.26. The van der Waals surface area contributed by atoms with Crippen molar-refractivity contribution in [2.75, 3.05) is 13.7 Å². The van der Waals surface area contributed by atoms with Crippen LogP contribution in [0.4, 0.5) is 0 Å². The first-order valence-corrected chi connectivity index (χ1v) is 6.44. The molecule has 5 nitrogen and oxygen atoms in total. The van der Waals surface area contributed by atoms with Crippen LogP contribution >= 0.6 is 0 Å². The molecule has 0 saturated heterocycles. The van der Waals surface area contributed by atoms with E-state index in [9.17, 15) is 4.79 Å². The molecule has 0 N–H and O–H groups in total. The molecule has 0 fully saturated rings. The first-order valence-electron chi connectivity index (χ1n) is 6.44. The molecule has 0 radical (unpaired) electrons. The number of benzene rings is 1. The average Bonchev–Trinajstić information content (AvgIpc) is 2.96. The Kier molecular flexibility index (Phi) is 5.32. The van der Waals surface area contributed by atoms with Crippen molar-refractivity contribution in [1.82, 2.24) is 4.98 Å². The van der Waals surface area contributed by atoms with Crippen LogP contribution in [0.5, 0.6) is 0 Å². The van der Waals surface area contributed by atoms with Gasteiger partial charge in [-0.05, 0) is 12.0 Å². The highest BCUT2D eigenvalue weighted by molar-refractivity contribution is 5.86. The van der Waals surface area contributed by atoms with Gasteiger partial charge in [0, 0.05) is 13.0 Å². The van der Waals surface area contributed by atoms with Crippen LogP contribution in [0, 0.1) is 0 Å². The largest absolute Gasteiger partial charge is 0.464 e. The lowest BCUT2D eigenvalue weighted by Crippen LogP contribution is -2.02. The van der Waals surface area contributed by atoms with Crippen LogP contribution < -0.4 is 0 Å². The Balaban J connectivity index is 1.66. The molecule has 2 aromatic rings. The molecule has 0 saturated carbocycles. The van der Waals surface area contributed by atoms with Gasteiger partial charge in [0.2, 0.25) is 0 Å². The summed E-state index contributed by atoms with van der Waals surface area (Å²) in [7, 11) is 1.31. The fourth-order valence-electron chi connectivity index (χ4n) is 1.71. The molecule has 0 bridgehead atoms. The first-order chi connectivity index (χ1) is 9.79. The summed E-state index contributed by atoms with van der Waals surface area (Å²) in [6, 6.07) is 10.00. The number of esters is 1. The van der Waals surface area contributed by atoms with Crippen LogP contribution in [0.25, 0.3) is 0 Å². The molecule has 106 valence electrons. The lowest BCUT2D eigenvalue weighted by molar-refractivity contribution is 0.0594. The third kappa shape index (κ3) is 4.20. The zero-order chi connectivity index (χ0) is 14.2. The van der Waals surface area contributed by atoms with Crippen LogP contribution in [0.15, 0.2) is 41.0 Å². The highest BCUT2D eigenvalue weighted by atomic mass is 16.5. The number of aromatic nitrogens is 1. The van der Waals surface area contributed by atoms with E-state index in [-0.39, 0.29) is 5.69 Å². The van der Waals surface area contributed by atoms with E-state index in [1.54, 1.807) is 0 Å². The predicted octanol–water partition coefficient (Wildman–Crippen LogP) is 2.61. The van der Waals surface area contributed by atoms with E-state index >= 15 is 0 Å². The number of ether oxygens (including phenoxy) is 2. The molecule has 0 aliphatic heterocycles. The molecule has 1 heterocycles. The Bertz CT molecular complexity index is 536. The molecule has 5 heteroatoms. The summed E-state index contributed by atoms with van der Waals surface area (Å²) < 4.78 is 15.3. The van der Waals surface area contributed by atoms with E-state index in [1.165, 1.54) is 13.4 Å². The number of hydrogen-bond acceptors (Lipinski definition) is 5. The van der Waals surface area contributed by atoms with E-state index in [4.69, 9.17) is 9.15 Å². The third-order valence-electron chi connectivity index (χ3n) is 2.74. The molecule has 0 amide bonds. The van der Waals surface area contributed by atoms with Crippen molar-refractivity contribution < 1.29 is 18.7 Å². The molecular weight excluding hydrogens is 258 g/mol. The maximum atomic E-state index is 11.2. The van der Waals surface area contributed by atoms with Crippen LogP contribution in [0.3, 0.4) is 0 Å². The molecule has 0 spiro atoms. The number of carbonyl (C=O) groups excluding carboxylic acids is 1. The Hall–Kier alpha value is -2.14. The minimum absolute atomic E-state index is 0.202. The second kappa shape index (κ2) is 7.45. The average molecular weight is 275 g/mol. The van der Waals surface area contributed by atoms with Gasteiger partial charge < -0.3 is 13.9 Å². The number of rotatable bonds is 7. The number of hydrogen-bond donors (Lipinski definition) is 0. The Labute approximate surface area is 117 Å². The van der Waals surface area contributed by atoms with Crippen LogP contribution in [0.1, 0.15) is 28.4 Å². The summed E-state index contributed by atoms with van der Waals surface area (Å²) in [4.78, 5) is 15.2. The van der Waals surface area contributed by atoms with Gasteiger partial charge in [-0.2, -0.15) is 0 Å². The van der Waals surface area contributed by atoms with E-state index in [0.717, 1.165) is 12.0 Å². The molecule has 0 aliphatic carbocycles. The maximum absolute atomic E-state index is 11.2. The van der Waals surface area contributed by atoms with Gasteiger partial charge in [-0.3, -0.25) is 0 Å². The summed E-state index contributed by atoms with van der Waals surface area (Å²) in [5.41, 5.74) is 1.35. The molecule has 0 unspecified atom stereocenters. The summed E-state index contributed by atoms with van der Waals surface area (Å²) >= 11 is 0. The van der Waals surface area contributed by atoms with Gasteiger partial charge >= 0.3 is 5.97 Å². The monoisotopic (exact) mass is 275 g/mol. The van der Waals surface area contributed by atoms with Gasteiger partial charge in [0.25, 0.3) is 0 Å². The topological polar surface area (TPSA) is 61.6 Å². The summed E-state index contributed by atoms with van der Waals surface area (Å²) in [6.07, 6.45) is 2.73. The van der Waals surface area contributed by atoms with Crippen LogP contribution in [-0.2, 0) is 22.5 Å². The van der Waals surface area contributed by atoms with Gasteiger partial charge in [0.1, 0.15) is 6.26 Å². The standard InChI is InChI=1S/C15H17NO4/c1-18-15(17)13-11-20-14(16-13)8-5-9-19-10-12-6-3-2-4-7-12/h2-4,6-7,11H,5,8-10H2,1H3. The minimum atomic E-state index is -0.486. The lowest BCUT2D eigenvalue weighted by Gasteiger charge is -2.02. The minimum Gasteiger partial charge on any atom is -0.464 e. The lowest BCUT2D eigenvalue weighted by atomic mass is 10.2. The van der Waals surface area contributed by atoms with Gasteiger partial charge in [-0.25, -0.2) is 9.78 Å². The van der Waals surface area contributed by atoms with Gasteiger partial charge in [0.15, 0.2) is 11.6 Å². The molecule has 0 aliphatic rings. The summed E-state index contributed by atoms with van der Waals surface area (Å²) in [6.45, 7) is 1.21. The zero-order valence-corrected chi connectivity index (χ0v) is 11.4. The third-order valence-corrected chi connectivity index (χ3v) is 2.74. The van der Waals surface area contributed by atoms with Gasteiger partial charge in [-0.1, -0.05) is 30.3 Å². The normalized spacial score (nSPS) is 10.4. The van der Waals surface area contributed by atoms with Crippen molar-refractivity contribution in [3.05, 3.63) is 53.7 Å². The van der Waals surface area contributed by atoms with E-state index in [2.05, 4.69) is 9.72 Å². The molecule has 1 aromatic carbocycles. The molecular formula is C15H17NO4. The number of nitrogens with zero attached hydrogens (tertiary/aromatic N) is 1. The smallest absolute Gasteiger partial charge is 0.360 e. The van der Waals surface area contributed by atoms with Crippen molar-refractivity contribution in [1.29, 1.82) is 0 Å². The second-order valence-electron chi connectivity index (χ2n) is 4.26. The highest BCUT2D eigenvalue weighted by Gasteiger charge is 2.11. The Morgan fingerprint density at radius 1 is 1.30 bits per heavy atom. The predicted molar refractivity (Wildman–Crippen MR) is 72.3 cm³/mol. The Morgan fingerprint density at radius 2 is 2.10 bits per heavy atom. The quantitative estimate of drug-likeness (QED) is 0.574. The van der Waals surface area contributed by atoms with Gasteiger partial charge in [0.05, 0.1) is 13.7 Å². The SMILES string of the molecule is COC(=O)c1coc(CCCOCc2ccccc2)n1. The van der Waals surface area contributed by atoms with Crippen molar-refractivity contribution >= 4 is 5.97 Å². The Morgan fingerprint density at radius 3 is 2.85 bits per heavy atom. The number of methoxy groups -OCH3 is 1. The molecule has 20 heavy (non-hydrogen) atoms. The van der Waals surface area contributed by atoms with E-state index in [0.29, 0.717) is 25.5 Å². The maximum Gasteiger partial charge on any atom is 0.360 e. The summed E-state index contributed by atoms with van der Waals surface area (Å²) in [5, 5.41) is 0. The van der Waals surface area contributed by atoms with Crippen molar-refractivity contribution in [3.63, 3.8) is 0 Å². The fraction of sp³-hybridized carbons (Fsp3) is 0.333. The van der Waals surface area contributed by atoms with E-state index < -0.39 is 5.97 Å². The zero-order valence-electron chi connectivity index (χ0n) is 11.4. The highest BCUT2D eigenvalue weighted by Crippen LogP contribution is 2.07. The van der Waals surface area contributed by atoms with Crippen molar-refractivity contribution in [2.24, 2.45) is 0 Å². The first kappa shape index (κ1) is 14.3. The number of aryl methyl sites for hydroxylation is 1. The molecule has 2 rings (SSSR count). The van der Waals surface area contributed by atoms with Crippen LogP contribution in [0.2, 0.25) is 0 Å². The molecule has 0 atom stereocenters. The summed E-state index contributed by atoms with van der Waals surface area (Å²) in [5.74, 6) is 0.0361. The van der Waals surface area contributed by atoms with Crippen LogP contribution in [-0.4, -0.2) is 24.7 Å². The fourth-order valence-corrected chi connectivity index (χ4v) is 1.71.